The van der Waals surface area contributed by atoms with Crippen LogP contribution in [0, 0.1) is 0 Å². The van der Waals surface area contributed by atoms with E-state index < -0.39 is 0 Å². The number of amides is 1. The second-order valence-corrected chi connectivity index (χ2v) is 7.53. The fourth-order valence-electron chi connectivity index (χ4n) is 2.98. The Morgan fingerprint density at radius 2 is 1.96 bits per heavy atom. The molecule has 0 aromatic heterocycles. The predicted octanol–water partition coefficient (Wildman–Crippen LogP) is 2.61. The van der Waals surface area contributed by atoms with Crippen molar-refractivity contribution in [1.82, 2.24) is 10.2 Å². The van der Waals surface area contributed by atoms with Crippen molar-refractivity contribution in [2.75, 3.05) is 19.7 Å². The van der Waals surface area contributed by atoms with E-state index in [-0.39, 0.29) is 18.1 Å². The van der Waals surface area contributed by atoms with E-state index in [4.69, 9.17) is 10.6 Å². The number of hydrogen-bond donors (Lipinski definition) is 2. The number of rotatable bonds is 8. The third-order valence-corrected chi connectivity index (χ3v) is 4.86. The molecule has 6 heteroatoms. The van der Waals surface area contributed by atoms with Gasteiger partial charge in [0.15, 0.2) is 12.4 Å². The summed E-state index contributed by atoms with van der Waals surface area (Å²) in [4.78, 5) is 19.5. The zero-order valence-corrected chi connectivity index (χ0v) is 16.3. The summed E-state index contributed by atoms with van der Waals surface area (Å²) >= 11 is 0. The number of oxime groups is 1. The molecule has 0 aliphatic carbocycles. The maximum atomic E-state index is 11.9. The molecule has 2 rings (SSSR count). The molecule has 1 amide bonds. The van der Waals surface area contributed by atoms with Crippen molar-refractivity contribution in [3.63, 3.8) is 0 Å². The quantitative estimate of drug-likeness (QED) is 0.424. The van der Waals surface area contributed by atoms with E-state index in [1.165, 1.54) is 19.3 Å². The van der Waals surface area contributed by atoms with Crippen LogP contribution >= 0.6 is 0 Å². The highest BCUT2D eigenvalue weighted by atomic mass is 16.6. The zero-order valence-electron chi connectivity index (χ0n) is 16.3. The molecule has 0 unspecified atom stereocenters. The largest absolute Gasteiger partial charge is 0.384 e. The van der Waals surface area contributed by atoms with Crippen LogP contribution in [0.2, 0.25) is 0 Å². The van der Waals surface area contributed by atoms with E-state index in [9.17, 15) is 4.79 Å². The number of hydrogen-bond acceptors (Lipinski definition) is 4. The van der Waals surface area contributed by atoms with Gasteiger partial charge in [0.25, 0.3) is 5.91 Å². The van der Waals surface area contributed by atoms with Gasteiger partial charge in [-0.3, -0.25) is 9.69 Å². The van der Waals surface area contributed by atoms with Crippen LogP contribution in [0.5, 0.6) is 0 Å². The predicted molar refractivity (Wildman–Crippen MR) is 105 cm³/mol. The lowest BCUT2D eigenvalue weighted by atomic mass is 10.0. The maximum Gasteiger partial charge on any atom is 0.261 e. The first-order valence-corrected chi connectivity index (χ1v) is 9.48. The average Bonchev–Trinajstić information content (AvgIpc) is 2.62. The highest BCUT2D eigenvalue weighted by molar-refractivity contribution is 5.98. The van der Waals surface area contributed by atoms with Gasteiger partial charge in [0.2, 0.25) is 0 Å². The average molecular weight is 361 g/mol. The Hall–Kier alpha value is -2.08. The van der Waals surface area contributed by atoms with Gasteiger partial charge >= 0.3 is 0 Å². The molecule has 0 radical (unpaired) electrons. The van der Waals surface area contributed by atoms with Crippen molar-refractivity contribution in [2.45, 2.75) is 58.5 Å². The van der Waals surface area contributed by atoms with Crippen LogP contribution in [0.1, 0.15) is 57.6 Å². The lowest BCUT2D eigenvalue weighted by molar-refractivity contribution is -0.127. The third kappa shape index (κ3) is 6.33. The van der Waals surface area contributed by atoms with Crippen LogP contribution < -0.4 is 11.1 Å². The third-order valence-electron chi connectivity index (χ3n) is 4.86. The first-order chi connectivity index (χ1) is 12.4. The van der Waals surface area contributed by atoms with Gasteiger partial charge in [0.1, 0.15) is 0 Å². The van der Waals surface area contributed by atoms with Crippen molar-refractivity contribution in [1.29, 1.82) is 0 Å². The van der Waals surface area contributed by atoms with E-state index >= 15 is 0 Å². The number of likely N-dealkylation sites (tertiary alicyclic amines) is 1. The minimum absolute atomic E-state index is 0.140. The van der Waals surface area contributed by atoms with Crippen LogP contribution in [-0.2, 0) is 16.2 Å². The van der Waals surface area contributed by atoms with Gasteiger partial charge < -0.3 is 15.9 Å². The number of carbonyl (C=O) groups excluding carboxylic acids is 1. The normalized spacial score (nSPS) is 16.3. The van der Waals surface area contributed by atoms with Crippen molar-refractivity contribution in [3.8, 4) is 0 Å². The molecule has 1 aliphatic rings. The van der Waals surface area contributed by atoms with Crippen molar-refractivity contribution >= 4 is 11.7 Å². The molecule has 3 N–H and O–H groups in total. The van der Waals surface area contributed by atoms with Gasteiger partial charge in [-0.15, -0.1) is 0 Å². The Balaban J connectivity index is 1.94. The Morgan fingerprint density at radius 1 is 1.27 bits per heavy atom. The van der Waals surface area contributed by atoms with Crippen LogP contribution in [0.4, 0.5) is 0 Å². The monoisotopic (exact) mass is 360 g/mol. The van der Waals surface area contributed by atoms with E-state index in [1.54, 1.807) is 0 Å². The van der Waals surface area contributed by atoms with Gasteiger partial charge in [0.05, 0.1) is 0 Å². The topological polar surface area (TPSA) is 79.9 Å². The molecule has 1 fully saturated rings. The summed E-state index contributed by atoms with van der Waals surface area (Å²) < 4.78 is 0. The minimum Gasteiger partial charge on any atom is -0.384 e. The number of carbonyl (C=O) groups is 1. The Morgan fingerprint density at radius 3 is 2.65 bits per heavy atom. The molecule has 6 nitrogen and oxygen atoms in total. The molecule has 0 bridgehead atoms. The fraction of sp³-hybridized carbons (Fsp3) is 0.600. The van der Waals surface area contributed by atoms with E-state index in [1.807, 2.05) is 39.0 Å². The van der Waals surface area contributed by atoms with Gasteiger partial charge in [-0.05, 0) is 51.8 Å². The summed E-state index contributed by atoms with van der Waals surface area (Å²) in [6.45, 7) is 8.93. The lowest BCUT2D eigenvalue weighted by Crippen LogP contribution is -2.44. The Labute approximate surface area is 156 Å². The summed E-state index contributed by atoms with van der Waals surface area (Å²) in [6, 6.07) is 7.97. The lowest BCUT2D eigenvalue weighted by Gasteiger charge is -2.27. The Kier molecular flexibility index (Phi) is 7.45. The van der Waals surface area contributed by atoms with Crippen molar-refractivity contribution < 1.29 is 9.63 Å². The molecular formula is C20H32N4O2. The van der Waals surface area contributed by atoms with Crippen LogP contribution in [-0.4, -0.2) is 41.9 Å². The molecule has 1 aromatic carbocycles. The van der Waals surface area contributed by atoms with Crippen LogP contribution in [0.25, 0.3) is 0 Å². The number of benzene rings is 1. The zero-order chi connectivity index (χ0) is 19.0. The van der Waals surface area contributed by atoms with Crippen LogP contribution in [0.3, 0.4) is 0 Å². The number of amidine groups is 1. The summed E-state index contributed by atoms with van der Waals surface area (Å²) in [6.07, 6.45) is 4.65. The second-order valence-electron chi connectivity index (χ2n) is 7.53. The Bertz CT molecular complexity index is 622. The highest BCUT2D eigenvalue weighted by Crippen LogP contribution is 2.16. The van der Waals surface area contributed by atoms with Gasteiger partial charge in [0, 0.05) is 17.6 Å². The molecule has 1 aromatic rings. The number of piperidine rings is 1. The van der Waals surface area contributed by atoms with Crippen LogP contribution in [0.15, 0.2) is 29.4 Å². The summed E-state index contributed by atoms with van der Waals surface area (Å²) in [7, 11) is 0. The number of nitrogens with zero attached hydrogens (tertiary/aromatic N) is 2. The number of nitrogens with one attached hydrogen (secondary N) is 1. The van der Waals surface area contributed by atoms with Gasteiger partial charge in [-0.25, -0.2) is 0 Å². The number of nitrogens with two attached hydrogens (primary N) is 1. The minimum atomic E-state index is -0.253. The second kappa shape index (κ2) is 9.57. The fourth-order valence-corrected chi connectivity index (χ4v) is 2.98. The van der Waals surface area contributed by atoms with Gasteiger partial charge in [-0.1, -0.05) is 42.8 Å². The first kappa shape index (κ1) is 20.2. The summed E-state index contributed by atoms with van der Waals surface area (Å²) in [5, 5.41) is 6.86. The van der Waals surface area contributed by atoms with Crippen molar-refractivity contribution in [3.05, 3.63) is 35.4 Å². The molecule has 144 valence electrons. The van der Waals surface area contributed by atoms with E-state index in [2.05, 4.69) is 21.4 Å². The molecule has 1 aliphatic heterocycles. The molecule has 1 saturated heterocycles. The SMILES string of the molecule is CCC(C)(C)NC(=O)CO/N=C(/N)c1ccccc1CN1CCCCC1. The molecular weight excluding hydrogens is 328 g/mol. The summed E-state index contributed by atoms with van der Waals surface area (Å²) in [5.74, 6) is 0.107. The van der Waals surface area contributed by atoms with E-state index in [0.29, 0.717) is 5.84 Å². The van der Waals surface area contributed by atoms with Crippen molar-refractivity contribution in [2.24, 2.45) is 10.9 Å². The molecule has 0 saturated carbocycles. The highest BCUT2D eigenvalue weighted by Gasteiger charge is 2.18. The van der Waals surface area contributed by atoms with E-state index in [0.717, 1.165) is 37.2 Å². The first-order valence-electron chi connectivity index (χ1n) is 9.48. The maximum absolute atomic E-state index is 11.9. The molecule has 0 spiro atoms. The molecule has 1 heterocycles. The molecule has 26 heavy (non-hydrogen) atoms. The summed E-state index contributed by atoms with van der Waals surface area (Å²) in [5.41, 5.74) is 7.87. The smallest absolute Gasteiger partial charge is 0.261 e. The van der Waals surface area contributed by atoms with Gasteiger partial charge in [-0.2, -0.15) is 0 Å². The molecule has 0 atom stereocenters. The standard InChI is InChI=1S/C20H32N4O2/c1-4-20(2,3)22-18(25)15-26-23-19(21)17-11-7-6-10-16(17)14-24-12-8-5-9-13-24/h6-7,10-11H,4-5,8-9,12-15H2,1-3H3,(H2,21,23)(H,22,25).